The summed E-state index contributed by atoms with van der Waals surface area (Å²) in [7, 11) is 1.51. The Hall–Kier alpha value is -2.91. The molecular weight excluding hydrogens is 342 g/mol. The quantitative estimate of drug-likeness (QED) is 0.774. The van der Waals surface area contributed by atoms with E-state index in [2.05, 4.69) is 4.98 Å². The van der Waals surface area contributed by atoms with Crippen LogP contribution >= 0.6 is 0 Å². The van der Waals surface area contributed by atoms with Crippen LogP contribution in [0.1, 0.15) is 16.1 Å². The third-order valence-corrected chi connectivity index (χ3v) is 4.23. The van der Waals surface area contributed by atoms with E-state index in [1.54, 1.807) is 24.3 Å². The summed E-state index contributed by atoms with van der Waals surface area (Å²) in [5.74, 6) is -0.765. The zero-order chi connectivity index (χ0) is 18.7. The van der Waals surface area contributed by atoms with E-state index in [0.717, 1.165) is 4.57 Å². The molecular formula is C17H19N3O6. The predicted octanol–water partition coefficient (Wildman–Crippen LogP) is 0.0648. The third-order valence-electron chi connectivity index (χ3n) is 4.23. The van der Waals surface area contributed by atoms with Gasteiger partial charge in [0.05, 0.1) is 31.6 Å². The van der Waals surface area contributed by atoms with Crippen LogP contribution in [0.5, 0.6) is 5.75 Å². The molecule has 0 bridgehead atoms. The molecule has 0 aliphatic carbocycles. The van der Waals surface area contributed by atoms with E-state index >= 15 is 0 Å². The van der Waals surface area contributed by atoms with Gasteiger partial charge in [0.15, 0.2) is 0 Å². The number of H-pyrrole nitrogens is 1. The molecule has 1 fully saturated rings. The lowest BCUT2D eigenvalue weighted by Crippen LogP contribution is -2.42. The minimum Gasteiger partial charge on any atom is -0.497 e. The van der Waals surface area contributed by atoms with Crippen molar-refractivity contribution in [3.63, 3.8) is 0 Å². The fourth-order valence-electron chi connectivity index (χ4n) is 2.85. The number of benzene rings is 1. The highest BCUT2D eigenvalue weighted by Crippen LogP contribution is 2.13. The number of nitrogens with zero attached hydrogens (tertiary/aromatic N) is 2. The van der Waals surface area contributed by atoms with Gasteiger partial charge in [0.1, 0.15) is 11.4 Å². The first-order valence-corrected chi connectivity index (χ1v) is 8.07. The molecule has 3 rings (SSSR count). The summed E-state index contributed by atoms with van der Waals surface area (Å²) in [5.41, 5.74) is -1.46. The standard InChI is InChI=1S/C17H19N3O6/c1-25-12-4-2-11(3-5-12)20-15(21)13(10-19-6-8-26-9-7-19)14(16(22)23)18-17(20)24/h2-5H,6-10H2,1H3,(H,18,24)(H,22,23). The van der Waals surface area contributed by atoms with Crippen molar-refractivity contribution >= 4 is 5.97 Å². The van der Waals surface area contributed by atoms with Crippen molar-refractivity contribution in [2.24, 2.45) is 0 Å². The zero-order valence-electron chi connectivity index (χ0n) is 14.2. The summed E-state index contributed by atoms with van der Waals surface area (Å²) in [6.45, 7) is 2.31. The Morgan fingerprint density at radius 3 is 2.46 bits per heavy atom. The number of ether oxygens (including phenoxy) is 2. The van der Waals surface area contributed by atoms with Crippen LogP contribution in [-0.4, -0.2) is 58.9 Å². The van der Waals surface area contributed by atoms with Crippen LogP contribution in [0, 0.1) is 0 Å². The average Bonchev–Trinajstić information content (AvgIpc) is 2.65. The molecule has 0 saturated carbocycles. The first-order valence-electron chi connectivity index (χ1n) is 8.07. The van der Waals surface area contributed by atoms with E-state index in [1.165, 1.54) is 7.11 Å². The maximum absolute atomic E-state index is 12.9. The van der Waals surface area contributed by atoms with E-state index in [4.69, 9.17) is 9.47 Å². The monoisotopic (exact) mass is 361 g/mol. The normalized spacial score (nSPS) is 15.0. The highest BCUT2D eigenvalue weighted by molar-refractivity contribution is 5.86. The summed E-state index contributed by atoms with van der Waals surface area (Å²) in [5, 5.41) is 9.40. The second-order valence-electron chi connectivity index (χ2n) is 5.82. The molecule has 2 N–H and O–H groups in total. The number of aromatic carboxylic acids is 1. The van der Waals surface area contributed by atoms with Crippen molar-refractivity contribution in [2.45, 2.75) is 6.54 Å². The number of rotatable bonds is 5. The summed E-state index contributed by atoms with van der Waals surface area (Å²) in [4.78, 5) is 41.0. The van der Waals surface area contributed by atoms with Crippen LogP contribution < -0.4 is 16.0 Å². The smallest absolute Gasteiger partial charge is 0.352 e. The molecule has 1 aromatic heterocycles. The molecule has 26 heavy (non-hydrogen) atoms. The number of nitrogens with one attached hydrogen (secondary N) is 1. The molecule has 0 atom stereocenters. The van der Waals surface area contributed by atoms with Gasteiger partial charge < -0.3 is 19.6 Å². The summed E-state index contributed by atoms with van der Waals surface area (Å²) < 4.78 is 11.3. The van der Waals surface area contributed by atoms with Crippen molar-refractivity contribution in [1.82, 2.24) is 14.5 Å². The van der Waals surface area contributed by atoms with Gasteiger partial charge in [0, 0.05) is 19.6 Å². The van der Waals surface area contributed by atoms with Gasteiger partial charge in [-0.2, -0.15) is 0 Å². The van der Waals surface area contributed by atoms with Crippen molar-refractivity contribution in [3.05, 3.63) is 56.4 Å². The molecule has 2 aromatic rings. The maximum atomic E-state index is 12.9. The Bertz CT molecular complexity index is 910. The fourth-order valence-corrected chi connectivity index (χ4v) is 2.85. The van der Waals surface area contributed by atoms with Gasteiger partial charge in [-0.1, -0.05) is 0 Å². The molecule has 0 spiro atoms. The van der Waals surface area contributed by atoms with Crippen LogP contribution in [0.2, 0.25) is 0 Å². The average molecular weight is 361 g/mol. The van der Waals surface area contributed by atoms with Crippen LogP contribution in [0.3, 0.4) is 0 Å². The van der Waals surface area contributed by atoms with Gasteiger partial charge in [-0.25, -0.2) is 14.2 Å². The molecule has 138 valence electrons. The Labute approximate surface area is 148 Å². The Kier molecular flexibility index (Phi) is 5.19. The van der Waals surface area contributed by atoms with Gasteiger partial charge in [-0.05, 0) is 24.3 Å². The second-order valence-corrected chi connectivity index (χ2v) is 5.82. The number of hydrogen-bond acceptors (Lipinski definition) is 6. The van der Waals surface area contributed by atoms with Crippen molar-refractivity contribution in [3.8, 4) is 11.4 Å². The molecule has 0 amide bonds. The lowest BCUT2D eigenvalue weighted by atomic mass is 10.2. The fraction of sp³-hybridized carbons (Fsp3) is 0.353. The van der Waals surface area contributed by atoms with Crippen LogP contribution in [0.25, 0.3) is 5.69 Å². The van der Waals surface area contributed by atoms with Gasteiger partial charge in [-0.3, -0.25) is 9.69 Å². The SMILES string of the molecule is COc1ccc(-n2c(=O)[nH]c(C(=O)O)c(CN3CCOCC3)c2=O)cc1. The number of carbonyl (C=O) groups is 1. The minimum atomic E-state index is -1.34. The number of carboxylic acids is 1. The Balaban J connectivity index is 2.10. The number of hydrogen-bond donors (Lipinski definition) is 2. The Morgan fingerprint density at radius 2 is 1.88 bits per heavy atom. The number of carboxylic acid groups (broad SMARTS) is 1. The molecule has 0 radical (unpaired) electrons. The minimum absolute atomic E-state index is 0.0369. The summed E-state index contributed by atoms with van der Waals surface area (Å²) >= 11 is 0. The molecule has 0 unspecified atom stereocenters. The largest absolute Gasteiger partial charge is 0.497 e. The topological polar surface area (TPSA) is 114 Å². The van der Waals surface area contributed by atoms with E-state index in [9.17, 15) is 19.5 Å². The van der Waals surface area contributed by atoms with Crippen molar-refractivity contribution in [2.75, 3.05) is 33.4 Å². The number of morpholine rings is 1. The number of methoxy groups -OCH3 is 1. The van der Waals surface area contributed by atoms with Crippen LogP contribution in [-0.2, 0) is 11.3 Å². The summed E-state index contributed by atoms with van der Waals surface area (Å²) in [6.07, 6.45) is 0. The van der Waals surface area contributed by atoms with Crippen molar-refractivity contribution in [1.29, 1.82) is 0 Å². The van der Waals surface area contributed by atoms with Gasteiger partial charge in [0.25, 0.3) is 5.56 Å². The van der Waals surface area contributed by atoms with E-state index in [0.29, 0.717) is 37.7 Å². The molecule has 1 aromatic carbocycles. The lowest BCUT2D eigenvalue weighted by Gasteiger charge is -2.26. The molecule has 1 saturated heterocycles. The first kappa shape index (κ1) is 17.9. The van der Waals surface area contributed by atoms with E-state index < -0.39 is 17.2 Å². The first-order chi connectivity index (χ1) is 12.5. The number of aromatic nitrogens is 2. The van der Waals surface area contributed by atoms with Crippen molar-refractivity contribution < 1.29 is 19.4 Å². The number of aromatic amines is 1. The molecule has 1 aliphatic rings. The van der Waals surface area contributed by atoms with E-state index in [-0.39, 0.29) is 17.8 Å². The molecule has 9 heteroatoms. The Morgan fingerprint density at radius 1 is 1.23 bits per heavy atom. The van der Waals surface area contributed by atoms with Gasteiger partial charge in [0.2, 0.25) is 0 Å². The summed E-state index contributed by atoms with van der Waals surface area (Å²) in [6, 6.07) is 6.37. The molecule has 2 heterocycles. The zero-order valence-corrected chi connectivity index (χ0v) is 14.2. The van der Waals surface area contributed by atoms with Gasteiger partial charge >= 0.3 is 11.7 Å². The molecule has 9 nitrogen and oxygen atoms in total. The third kappa shape index (κ3) is 3.53. The second kappa shape index (κ2) is 7.54. The highest BCUT2D eigenvalue weighted by Gasteiger charge is 2.22. The van der Waals surface area contributed by atoms with E-state index in [1.807, 2.05) is 4.90 Å². The predicted molar refractivity (Wildman–Crippen MR) is 92.3 cm³/mol. The maximum Gasteiger partial charge on any atom is 0.352 e. The van der Waals surface area contributed by atoms with Gasteiger partial charge in [-0.15, -0.1) is 0 Å². The van der Waals surface area contributed by atoms with Crippen LogP contribution in [0.15, 0.2) is 33.9 Å². The van der Waals surface area contributed by atoms with Crippen LogP contribution in [0.4, 0.5) is 0 Å². The highest BCUT2D eigenvalue weighted by atomic mass is 16.5. The lowest BCUT2D eigenvalue weighted by molar-refractivity contribution is 0.0336. The molecule has 1 aliphatic heterocycles.